The molecule has 1 aromatic rings. The van der Waals surface area contributed by atoms with E-state index in [9.17, 15) is 0 Å². The number of nitrogens with zero attached hydrogens (tertiary/aromatic N) is 1. The molecule has 0 saturated carbocycles. The van der Waals surface area contributed by atoms with Crippen molar-refractivity contribution in [2.45, 2.75) is 11.6 Å². The second kappa shape index (κ2) is 2.75. The van der Waals surface area contributed by atoms with E-state index < -0.39 is 0 Å². The lowest BCUT2D eigenvalue weighted by Crippen LogP contribution is -1.83. The normalized spacial score (nSPS) is 9.44. The van der Waals surface area contributed by atoms with Crippen LogP contribution in [0, 0.1) is 0 Å². The van der Waals surface area contributed by atoms with E-state index in [4.69, 9.17) is 17.7 Å². The van der Waals surface area contributed by atoms with Crippen molar-refractivity contribution in [3.8, 4) is 0 Å². The lowest BCUT2D eigenvalue weighted by atomic mass is 10.3. The van der Waals surface area contributed by atoms with Gasteiger partial charge in [0.1, 0.15) is 5.03 Å². The number of aliphatic hydroxyl groups excluding tert-OH is 1. The molecule has 1 N–H and O–H groups in total. The van der Waals surface area contributed by atoms with Crippen LogP contribution in [-0.4, -0.2) is 10.1 Å². The van der Waals surface area contributed by atoms with Crippen LogP contribution in [0.15, 0.2) is 23.4 Å². The van der Waals surface area contributed by atoms with E-state index in [1.165, 1.54) is 0 Å². The van der Waals surface area contributed by atoms with Crippen molar-refractivity contribution >= 4 is 12.6 Å². The molecule has 0 bridgehead atoms. The first kappa shape index (κ1) is 6.45. The summed E-state index contributed by atoms with van der Waals surface area (Å²) >= 11 is 4.74. The average molecular weight is 140 g/mol. The molecule has 3 heteroatoms. The second-order valence-electron chi connectivity index (χ2n) is 1.66. The lowest BCUT2D eigenvalue weighted by molar-refractivity contribution is 0.281. The fourth-order valence-corrected chi connectivity index (χ4v) is 0.761. The van der Waals surface area contributed by atoms with E-state index in [0.29, 0.717) is 5.03 Å². The summed E-state index contributed by atoms with van der Waals surface area (Å²) in [5.74, 6) is 0. The summed E-state index contributed by atoms with van der Waals surface area (Å²) in [6, 6.07) is 3.41. The molecule has 0 unspecified atom stereocenters. The predicted octanol–water partition coefficient (Wildman–Crippen LogP) is 1.13. The fraction of sp³-hybridized carbons (Fsp3) is 0.167. The number of aromatic nitrogens is 1. The first-order valence-corrected chi connectivity index (χ1v) is 2.96. The molecule has 0 spiro atoms. The highest BCUT2D eigenvalue weighted by atomic mass is 32.1. The number of hydrogen-bond acceptors (Lipinski definition) is 2. The topological polar surface area (TPSA) is 33.1 Å². The van der Waals surface area contributed by atoms with Crippen molar-refractivity contribution < 1.29 is 5.11 Å². The second-order valence-corrected chi connectivity index (χ2v) is 2.08. The molecule has 1 aromatic heterocycles. The van der Waals surface area contributed by atoms with Crippen molar-refractivity contribution in [2.75, 3.05) is 0 Å². The van der Waals surface area contributed by atoms with Crippen LogP contribution in [0.5, 0.6) is 0 Å². The molecule has 1 heterocycles. The molecule has 1 radical (unpaired) electrons. The Morgan fingerprint density at radius 1 is 1.67 bits per heavy atom. The minimum Gasteiger partial charge on any atom is -0.392 e. The smallest absolute Gasteiger partial charge is 0.126 e. The molecule has 1 rings (SSSR count). The summed E-state index contributed by atoms with van der Waals surface area (Å²) in [4.78, 5) is 3.79. The van der Waals surface area contributed by atoms with Gasteiger partial charge in [-0.25, -0.2) is 4.98 Å². The van der Waals surface area contributed by atoms with Crippen LogP contribution in [0.3, 0.4) is 0 Å². The Bertz CT molecular complexity index is 202. The van der Waals surface area contributed by atoms with Gasteiger partial charge < -0.3 is 5.11 Å². The van der Waals surface area contributed by atoms with Crippen LogP contribution in [0.4, 0.5) is 0 Å². The Hall–Kier alpha value is -0.670. The maximum atomic E-state index is 8.59. The van der Waals surface area contributed by atoms with Gasteiger partial charge in [-0.3, -0.25) is 0 Å². The van der Waals surface area contributed by atoms with Crippen LogP contribution in [0.25, 0.3) is 0 Å². The third-order valence-corrected chi connectivity index (χ3v) is 1.21. The Morgan fingerprint density at radius 2 is 2.44 bits per heavy atom. The molecule has 47 valence electrons. The van der Waals surface area contributed by atoms with Gasteiger partial charge in [-0.2, -0.15) is 0 Å². The first-order valence-electron chi connectivity index (χ1n) is 2.56. The first-order chi connectivity index (χ1) is 4.33. The highest BCUT2D eigenvalue weighted by molar-refractivity contribution is 7.80. The van der Waals surface area contributed by atoms with Crippen LogP contribution >= 0.6 is 12.6 Å². The van der Waals surface area contributed by atoms with Gasteiger partial charge in [-0.15, -0.1) is 0 Å². The largest absolute Gasteiger partial charge is 0.392 e. The third-order valence-electron chi connectivity index (χ3n) is 0.982. The summed E-state index contributed by atoms with van der Waals surface area (Å²) in [5, 5.41) is 9.12. The Labute approximate surface area is 59.0 Å². The zero-order valence-electron chi connectivity index (χ0n) is 4.74. The van der Waals surface area contributed by atoms with E-state index >= 15 is 0 Å². The van der Waals surface area contributed by atoms with E-state index in [2.05, 4.69) is 4.98 Å². The van der Waals surface area contributed by atoms with Gasteiger partial charge in [0.15, 0.2) is 0 Å². The summed E-state index contributed by atoms with van der Waals surface area (Å²) in [5.41, 5.74) is 0.815. The number of aliphatic hydroxyl groups is 1. The molecule has 0 amide bonds. The van der Waals surface area contributed by atoms with Crippen molar-refractivity contribution in [3.63, 3.8) is 0 Å². The maximum absolute atomic E-state index is 8.59. The number of rotatable bonds is 1. The molecule has 0 atom stereocenters. The maximum Gasteiger partial charge on any atom is 0.126 e. The standard InChI is InChI=1S/C6H6NOS/c8-4-5-1-2-7-6(9)3-5/h1-3,8H,4H2. The zero-order chi connectivity index (χ0) is 6.69. The molecule has 2 nitrogen and oxygen atoms in total. The molecule has 0 aliphatic carbocycles. The van der Waals surface area contributed by atoms with Crippen molar-refractivity contribution in [1.29, 1.82) is 0 Å². The van der Waals surface area contributed by atoms with Crippen LogP contribution in [0.2, 0.25) is 0 Å². The van der Waals surface area contributed by atoms with Gasteiger partial charge in [0.2, 0.25) is 0 Å². The highest BCUT2D eigenvalue weighted by Crippen LogP contribution is 2.03. The predicted molar refractivity (Wildman–Crippen MR) is 36.0 cm³/mol. The van der Waals surface area contributed by atoms with Crippen LogP contribution < -0.4 is 0 Å². The average Bonchev–Trinajstić information content (AvgIpc) is 1.88. The van der Waals surface area contributed by atoms with E-state index in [0.717, 1.165) is 5.56 Å². The summed E-state index contributed by atoms with van der Waals surface area (Å²) in [7, 11) is 0. The molecule has 0 fully saturated rings. The molecule has 0 aliphatic rings. The van der Waals surface area contributed by atoms with E-state index in [-0.39, 0.29) is 6.61 Å². The third kappa shape index (κ3) is 1.62. The van der Waals surface area contributed by atoms with Crippen LogP contribution in [-0.2, 0) is 6.61 Å². The van der Waals surface area contributed by atoms with E-state index in [1.54, 1.807) is 18.3 Å². The SMILES string of the molecule is OCc1ccnc([S])c1. The quantitative estimate of drug-likeness (QED) is 0.634. The number of pyridine rings is 1. The van der Waals surface area contributed by atoms with Gasteiger partial charge in [0.25, 0.3) is 0 Å². The molecular weight excluding hydrogens is 134 g/mol. The lowest BCUT2D eigenvalue weighted by Gasteiger charge is -1.92. The van der Waals surface area contributed by atoms with Gasteiger partial charge in [-0.1, -0.05) is 12.6 Å². The Balaban J connectivity index is 2.94. The van der Waals surface area contributed by atoms with Gasteiger partial charge in [0.05, 0.1) is 6.61 Å². The zero-order valence-corrected chi connectivity index (χ0v) is 5.56. The summed E-state index contributed by atoms with van der Waals surface area (Å²) in [6.07, 6.45) is 1.59. The molecule has 0 saturated heterocycles. The summed E-state index contributed by atoms with van der Waals surface area (Å²) < 4.78 is 0. The Morgan fingerprint density at radius 3 is 2.89 bits per heavy atom. The van der Waals surface area contributed by atoms with Gasteiger partial charge in [0, 0.05) is 6.20 Å². The molecule has 0 aliphatic heterocycles. The van der Waals surface area contributed by atoms with Gasteiger partial charge >= 0.3 is 0 Å². The molecular formula is C6H6NOS. The monoisotopic (exact) mass is 140 g/mol. The van der Waals surface area contributed by atoms with Crippen molar-refractivity contribution in [1.82, 2.24) is 4.98 Å². The van der Waals surface area contributed by atoms with Gasteiger partial charge in [-0.05, 0) is 17.7 Å². The highest BCUT2D eigenvalue weighted by Gasteiger charge is 1.89. The summed E-state index contributed by atoms with van der Waals surface area (Å²) in [6.45, 7) is 0.0339. The minimum atomic E-state index is 0.0339. The number of hydrogen-bond donors (Lipinski definition) is 1. The van der Waals surface area contributed by atoms with Crippen molar-refractivity contribution in [3.05, 3.63) is 23.9 Å². The molecule has 9 heavy (non-hydrogen) atoms. The fourth-order valence-electron chi connectivity index (χ4n) is 0.549. The van der Waals surface area contributed by atoms with E-state index in [1.807, 2.05) is 0 Å². The Kier molecular flexibility index (Phi) is 1.97. The van der Waals surface area contributed by atoms with Crippen molar-refractivity contribution in [2.24, 2.45) is 0 Å². The van der Waals surface area contributed by atoms with Crippen LogP contribution in [0.1, 0.15) is 5.56 Å². The minimum absolute atomic E-state index is 0.0339. The molecule has 0 aromatic carbocycles.